The van der Waals surface area contributed by atoms with Crippen molar-refractivity contribution in [2.75, 3.05) is 18.5 Å². The van der Waals surface area contributed by atoms with Gasteiger partial charge < -0.3 is 10.1 Å². The maximum atomic E-state index is 11.6. The van der Waals surface area contributed by atoms with Gasteiger partial charge in [-0.15, -0.1) is 0 Å². The molecule has 1 aromatic carbocycles. The number of hydrogen-bond acceptors (Lipinski definition) is 2. The Labute approximate surface area is 110 Å². The fourth-order valence-corrected chi connectivity index (χ4v) is 1.88. The third-order valence-corrected chi connectivity index (χ3v) is 3.25. The molecule has 1 fully saturated rings. The second-order valence-corrected chi connectivity index (χ2v) is 5.38. The van der Waals surface area contributed by atoms with E-state index in [0.717, 1.165) is 15.7 Å². The van der Waals surface area contributed by atoms with E-state index in [1.54, 1.807) is 0 Å². The van der Waals surface area contributed by atoms with Crippen LogP contribution in [0.5, 0.6) is 0 Å². The van der Waals surface area contributed by atoms with Crippen LogP contribution in [0.4, 0.5) is 5.69 Å². The number of ether oxygens (including phenoxy) is 1. The molecular weight excluding hydrogens is 282 g/mol. The zero-order chi connectivity index (χ0) is 12.3. The molecule has 0 saturated heterocycles. The number of nitrogens with one attached hydrogen (secondary N) is 1. The first-order chi connectivity index (χ1) is 8.15. The van der Waals surface area contributed by atoms with Crippen molar-refractivity contribution in [2.45, 2.75) is 19.8 Å². The number of amides is 1. The van der Waals surface area contributed by atoms with Gasteiger partial charge in [-0.05, 0) is 43.4 Å². The molecule has 1 amide bonds. The van der Waals surface area contributed by atoms with E-state index in [1.807, 2.05) is 25.1 Å². The molecule has 17 heavy (non-hydrogen) atoms. The van der Waals surface area contributed by atoms with Crippen molar-refractivity contribution in [2.24, 2.45) is 5.92 Å². The third-order valence-electron chi connectivity index (χ3n) is 2.76. The first kappa shape index (κ1) is 12.6. The summed E-state index contributed by atoms with van der Waals surface area (Å²) in [5.41, 5.74) is 1.88. The van der Waals surface area contributed by atoms with Crippen LogP contribution >= 0.6 is 15.9 Å². The third kappa shape index (κ3) is 4.13. The first-order valence-corrected chi connectivity index (χ1v) is 6.58. The Bertz CT molecular complexity index is 416. The van der Waals surface area contributed by atoms with Crippen molar-refractivity contribution in [1.29, 1.82) is 0 Å². The number of carbonyl (C=O) groups excluding carboxylic acids is 1. The second kappa shape index (κ2) is 5.65. The van der Waals surface area contributed by atoms with Crippen molar-refractivity contribution in [1.82, 2.24) is 0 Å². The number of carbonyl (C=O) groups is 1. The smallest absolute Gasteiger partial charge is 0.250 e. The summed E-state index contributed by atoms with van der Waals surface area (Å²) >= 11 is 3.38. The molecule has 0 aromatic heterocycles. The molecule has 1 saturated carbocycles. The molecule has 0 spiro atoms. The van der Waals surface area contributed by atoms with E-state index >= 15 is 0 Å². The van der Waals surface area contributed by atoms with E-state index in [0.29, 0.717) is 12.5 Å². The fraction of sp³-hybridized carbons (Fsp3) is 0.462. The minimum atomic E-state index is -0.0909. The average molecular weight is 298 g/mol. The molecule has 0 aliphatic heterocycles. The normalized spacial score (nSPS) is 14.7. The number of benzene rings is 1. The van der Waals surface area contributed by atoms with Crippen LogP contribution in [0.15, 0.2) is 22.7 Å². The molecule has 3 nitrogen and oxygen atoms in total. The minimum Gasteiger partial charge on any atom is -0.371 e. The van der Waals surface area contributed by atoms with E-state index in [9.17, 15) is 4.79 Å². The fourth-order valence-electron chi connectivity index (χ4n) is 1.52. The van der Waals surface area contributed by atoms with Gasteiger partial charge in [0.25, 0.3) is 0 Å². The topological polar surface area (TPSA) is 38.3 Å². The predicted molar refractivity (Wildman–Crippen MR) is 71.1 cm³/mol. The summed E-state index contributed by atoms with van der Waals surface area (Å²) in [6.07, 6.45) is 2.48. The van der Waals surface area contributed by atoms with Crippen LogP contribution in [-0.4, -0.2) is 19.1 Å². The van der Waals surface area contributed by atoms with Crippen LogP contribution in [0, 0.1) is 12.8 Å². The maximum absolute atomic E-state index is 11.6. The summed E-state index contributed by atoms with van der Waals surface area (Å²) in [5, 5.41) is 2.85. The van der Waals surface area contributed by atoms with Crippen molar-refractivity contribution >= 4 is 27.5 Å². The molecule has 1 aromatic rings. The average Bonchev–Trinajstić information content (AvgIpc) is 3.07. The lowest BCUT2D eigenvalue weighted by Gasteiger charge is -2.09. The lowest BCUT2D eigenvalue weighted by Crippen LogP contribution is -2.19. The van der Waals surface area contributed by atoms with Crippen LogP contribution in [0.3, 0.4) is 0 Å². The first-order valence-electron chi connectivity index (χ1n) is 5.79. The molecule has 0 bridgehead atoms. The molecule has 1 aliphatic carbocycles. The van der Waals surface area contributed by atoms with E-state index in [2.05, 4.69) is 21.2 Å². The van der Waals surface area contributed by atoms with Crippen LogP contribution < -0.4 is 5.32 Å². The molecular formula is C13H16BrNO2. The van der Waals surface area contributed by atoms with Crippen molar-refractivity contribution in [3.8, 4) is 0 Å². The molecule has 1 aliphatic rings. The summed E-state index contributed by atoms with van der Waals surface area (Å²) < 4.78 is 6.29. The summed E-state index contributed by atoms with van der Waals surface area (Å²) in [5.74, 6) is 0.599. The Kier molecular flexibility index (Phi) is 4.18. The standard InChI is InChI=1S/C13H16BrNO2/c1-9-2-5-11(14)6-12(9)15-13(16)8-17-7-10-3-4-10/h2,5-6,10H,3-4,7-8H2,1H3,(H,15,16). The highest BCUT2D eigenvalue weighted by atomic mass is 79.9. The lowest BCUT2D eigenvalue weighted by molar-refractivity contribution is -0.120. The van der Waals surface area contributed by atoms with Crippen molar-refractivity contribution in [3.63, 3.8) is 0 Å². The largest absolute Gasteiger partial charge is 0.371 e. The van der Waals surface area contributed by atoms with E-state index in [-0.39, 0.29) is 12.5 Å². The van der Waals surface area contributed by atoms with Gasteiger partial charge in [-0.2, -0.15) is 0 Å². The summed E-state index contributed by atoms with van der Waals surface area (Å²) in [7, 11) is 0. The number of hydrogen-bond donors (Lipinski definition) is 1. The summed E-state index contributed by atoms with van der Waals surface area (Å²) in [6.45, 7) is 2.82. The van der Waals surface area contributed by atoms with Gasteiger partial charge in [0.2, 0.25) is 5.91 Å². The second-order valence-electron chi connectivity index (χ2n) is 4.47. The Balaban J connectivity index is 1.81. The predicted octanol–water partition coefficient (Wildman–Crippen LogP) is 3.12. The quantitative estimate of drug-likeness (QED) is 0.907. The molecule has 92 valence electrons. The van der Waals surface area contributed by atoms with Crippen LogP contribution in [0.2, 0.25) is 0 Å². The van der Waals surface area contributed by atoms with Crippen LogP contribution in [-0.2, 0) is 9.53 Å². The van der Waals surface area contributed by atoms with Crippen LogP contribution in [0.1, 0.15) is 18.4 Å². The maximum Gasteiger partial charge on any atom is 0.250 e. The molecule has 0 radical (unpaired) electrons. The summed E-state index contributed by atoms with van der Waals surface area (Å²) in [4.78, 5) is 11.6. The van der Waals surface area contributed by atoms with Gasteiger partial charge >= 0.3 is 0 Å². The van der Waals surface area contributed by atoms with E-state index in [4.69, 9.17) is 4.74 Å². The van der Waals surface area contributed by atoms with Crippen molar-refractivity contribution in [3.05, 3.63) is 28.2 Å². The van der Waals surface area contributed by atoms with Gasteiger partial charge in [0, 0.05) is 10.2 Å². The molecule has 0 heterocycles. The van der Waals surface area contributed by atoms with E-state index in [1.165, 1.54) is 12.8 Å². The summed E-state index contributed by atoms with van der Waals surface area (Å²) in [6, 6.07) is 5.81. The van der Waals surface area contributed by atoms with Gasteiger partial charge in [0.1, 0.15) is 6.61 Å². The molecule has 4 heteroatoms. The van der Waals surface area contributed by atoms with Crippen molar-refractivity contribution < 1.29 is 9.53 Å². The van der Waals surface area contributed by atoms with Gasteiger partial charge in [0.15, 0.2) is 0 Å². The lowest BCUT2D eigenvalue weighted by atomic mass is 10.2. The molecule has 0 unspecified atom stereocenters. The highest BCUT2D eigenvalue weighted by Crippen LogP contribution is 2.28. The minimum absolute atomic E-state index is 0.0909. The highest BCUT2D eigenvalue weighted by Gasteiger charge is 2.21. The highest BCUT2D eigenvalue weighted by molar-refractivity contribution is 9.10. The van der Waals surface area contributed by atoms with E-state index < -0.39 is 0 Å². The Morgan fingerprint density at radius 1 is 1.53 bits per heavy atom. The number of rotatable bonds is 5. The number of anilines is 1. The SMILES string of the molecule is Cc1ccc(Br)cc1NC(=O)COCC1CC1. The molecule has 0 atom stereocenters. The number of aryl methyl sites for hydroxylation is 1. The van der Waals surface area contributed by atoms with Crippen LogP contribution in [0.25, 0.3) is 0 Å². The number of halogens is 1. The van der Waals surface area contributed by atoms with Gasteiger partial charge in [-0.25, -0.2) is 0 Å². The van der Waals surface area contributed by atoms with Gasteiger partial charge in [-0.3, -0.25) is 4.79 Å². The Morgan fingerprint density at radius 2 is 2.29 bits per heavy atom. The Morgan fingerprint density at radius 3 is 3.00 bits per heavy atom. The monoisotopic (exact) mass is 297 g/mol. The van der Waals surface area contributed by atoms with Gasteiger partial charge in [-0.1, -0.05) is 22.0 Å². The van der Waals surface area contributed by atoms with Gasteiger partial charge in [0.05, 0.1) is 6.61 Å². The Hall–Kier alpha value is -0.870. The zero-order valence-corrected chi connectivity index (χ0v) is 11.4. The zero-order valence-electron chi connectivity index (χ0n) is 9.83. The molecule has 2 rings (SSSR count). The molecule has 1 N–H and O–H groups in total.